The molecule has 2 aliphatic heterocycles. The van der Waals surface area contributed by atoms with Crippen molar-refractivity contribution >= 4 is 17.6 Å². The second-order valence-corrected chi connectivity index (χ2v) is 8.63. The summed E-state index contributed by atoms with van der Waals surface area (Å²) < 4.78 is 0. The highest BCUT2D eigenvalue weighted by atomic mass is 16.2. The number of nitrogens with zero attached hydrogens (tertiary/aromatic N) is 2. The standard InChI is InChI=1S/C25H32N4O2/c1-19-8-7-11-22(24(30)29-14-5-6-15-29)23(19)27-25(31)26-21-12-16-28(17-13-21)18-20-9-3-2-4-10-20/h2-4,7-11,21H,5-6,12-18H2,1H3,(H2,26,27,31). The first-order valence-electron chi connectivity index (χ1n) is 11.3. The van der Waals surface area contributed by atoms with Crippen LogP contribution in [0.2, 0.25) is 0 Å². The molecule has 2 heterocycles. The summed E-state index contributed by atoms with van der Waals surface area (Å²) in [6.07, 6.45) is 3.94. The second kappa shape index (κ2) is 9.96. The maximum atomic E-state index is 12.9. The number of anilines is 1. The van der Waals surface area contributed by atoms with Crippen molar-refractivity contribution in [1.82, 2.24) is 15.1 Å². The molecule has 0 aromatic heterocycles. The molecule has 2 aromatic carbocycles. The summed E-state index contributed by atoms with van der Waals surface area (Å²) in [5.74, 6) is 0.00530. The van der Waals surface area contributed by atoms with Crippen LogP contribution in [0, 0.1) is 6.92 Å². The van der Waals surface area contributed by atoms with Crippen molar-refractivity contribution < 1.29 is 9.59 Å². The van der Waals surface area contributed by atoms with E-state index in [1.54, 1.807) is 0 Å². The van der Waals surface area contributed by atoms with Gasteiger partial charge in [0.25, 0.3) is 5.91 Å². The number of hydrogen-bond acceptors (Lipinski definition) is 3. The first kappa shape index (κ1) is 21.4. The predicted octanol–water partition coefficient (Wildman–Crippen LogP) is 4.02. The zero-order valence-corrected chi connectivity index (χ0v) is 18.3. The summed E-state index contributed by atoms with van der Waals surface area (Å²) >= 11 is 0. The number of nitrogens with one attached hydrogen (secondary N) is 2. The molecule has 2 N–H and O–H groups in total. The lowest BCUT2D eigenvalue weighted by Crippen LogP contribution is -2.45. The molecule has 6 nitrogen and oxygen atoms in total. The number of urea groups is 1. The predicted molar refractivity (Wildman–Crippen MR) is 123 cm³/mol. The van der Waals surface area contributed by atoms with Gasteiger partial charge < -0.3 is 15.5 Å². The summed E-state index contributed by atoms with van der Waals surface area (Å²) in [5, 5.41) is 6.08. The topological polar surface area (TPSA) is 64.7 Å². The average molecular weight is 421 g/mol. The highest BCUT2D eigenvalue weighted by Gasteiger charge is 2.25. The summed E-state index contributed by atoms with van der Waals surface area (Å²) in [7, 11) is 0. The molecule has 0 bridgehead atoms. The van der Waals surface area contributed by atoms with Gasteiger partial charge in [0.05, 0.1) is 11.3 Å². The number of likely N-dealkylation sites (tertiary alicyclic amines) is 2. The summed E-state index contributed by atoms with van der Waals surface area (Å²) in [6, 6.07) is 16.0. The third kappa shape index (κ3) is 5.44. The number of para-hydroxylation sites is 1. The molecule has 2 saturated heterocycles. The molecular weight excluding hydrogens is 388 g/mol. The summed E-state index contributed by atoms with van der Waals surface area (Å²) in [5.41, 5.74) is 3.42. The number of rotatable bonds is 5. The minimum Gasteiger partial charge on any atom is -0.339 e. The Bertz CT molecular complexity index is 901. The Kier molecular flexibility index (Phi) is 6.87. The summed E-state index contributed by atoms with van der Waals surface area (Å²) in [6.45, 7) is 6.38. The van der Waals surface area contributed by atoms with Gasteiger partial charge in [-0.3, -0.25) is 9.69 Å². The van der Waals surface area contributed by atoms with Gasteiger partial charge >= 0.3 is 6.03 Å². The van der Waals surface area contributed by atoms with Crippen LogP contribution in [0.4, 0.5) is 10.5 Å². The third-order valence-corrected chi connectivity index (χ3v) is 6.31. The second-order valence-electron chi connectivity index (χ2n) is 8.63. The van der Waals surface area contributed by atoms with Crippen molar-refractivity contribution in [3.05, 3.63) is 65.2 Å². The zero-order valence-electron chi connectivity index (χ0n) is 18.3. The molecular formula is C25H32N4O2. The Morgan fingerprint density at radius 3 is 2.35 bits per heavy atom. The number of carbonyl (C=O) groups excluding carboxylic acids is 2. The van der Waals surface area contributed by atoms with E-state index in [9.17, 15) is 9.59 Å². The lowest BCUT2D eigenvalue weighted by atomic mass is 10.0. The Labute approximate surface area is 184 Å². The van der Waals surface area contributed by atoms with Crippen LogP contribution in [0.5, 0.6) is 0 Å². The summed E-state index contributed by atoms with van der Waals surface area (Å²) in [4.78, 5) is 30.0. The lowest BCUT2D eigenvalue weighted by Gasteiger charge is -2.32. The molecule has 0 spiro atoms. The molecule has 0 unspecified atom stereocenters. The Morgan fingerprint density at radius 1 is 0.935 bits per heavy atom. The molecule has 2 aromatic rings. The lowest BCUT2D eigenvalue weighted by molar-refractivity contribution is 0.0793. The van der Waals surface area contributed by atoms with Crippen molar-refractivity contribution in [3.63, 3.8) is 0 Å². The van der Waals surface area contributed by atoms with E-state index in [-0.39, 0.29) is 18.0 Å². The van der Waals surface area contributed by atoms with Crippen LogP contribution in [0.25, 0.3) is 0 Å². The third-order valence-electron chi connectivity index (χ3n) is 6.31. The number of amides is 3. The van der Waals surface area contributed by atoms with Crippen LogP contribution < -0.4 is 10.6 Å². The van der Waals surface area contributed by atoms with Gasteiger partial charge in [-0.25, -0.2) is 4.79 Å². The fourth-order valence-electron chi connectivity index (χ4n) is 4.51. The minimum absolute atomic E-state index is 0.00530. The van der Waals surface area contributed by atoms with E-state index in [0.717, 1.165) is 64.0 Å². The molecule has 164 valence electrons. The smallest absolute Gasteiger partial charge is 0.319 e. The van der Waals surface area contributed by atoms with Crippen LogP contribution in [-0.2, 0) is 6.54 Å². The fourth-order valence-corrected chi connectivity index (χ4v) is 4.51. The highest BCUT2D eigenvalue weighted by Crippen LogP contribution is 2.24. The highest BCUT2D eigenvalue weighted by molar-refractivity contribution is 6.04. The van der Waals surface area contributed by atoms with Gasteiger partial charge in [0.2, 0.25) is 0 Å². The SMILES string of the molecule is Cc1cccc(C(=O)N2CCCC2)c1NC(=O)NC1CCN(Cc2ccccc2)CC1. The molecule has 0 aliphatic carbocycles. The molecule has 2 fully saturated rings. The zero-order chi connectivity index (χ0) is 21.6. The molecule has 0 atom stereocenters. The Morgan fingerprint density at radius 2 is 1.65 bits per heavy atom. The fraction of sp³-hybridized carbons (Fsp3) is 0.440. The number of carbonyl (C=O) groups is 2. The van der Waals surface area contributed by atoms with E-state index in [0.29, 0.717) is 11.3 Å². The first-order chi connectivity index (χ1) is 15.1. The van der Waals surface area contributed by atoms with Gasteiger partial charge in [0.1, 0.15) is 0 Å². The van der Waals surface area contributed by atoms with Crippen LogP contribution in [0.3, 0.4) is 0 Å². The van der Waals surface area contributed by atoms with Crippen LogP contribution in [0.15, 0.2) is 48.5 Å². The number of benzene rings is 2. The van der Waals surface area contributed by atoms with E-state index >= 15 is 0 Å². The molecule has 4 rings (SSSR count). The van der Waals surface area contributed by atoms with Crippen molar-refractivity contribution in [2.75, 3.05) is 31.5 Å². The molecule has 0 radical (unpaired) electrons. The van der Waals surface area contributed by atoms with E-state index in [1.165, 1.54) is 5.56 Å². The monoisotopic (exact) mass is 420 g/mol. The van der Waals surface area contributed by atoms with Crippen molar-refractivity contribution in [2.24, 2.45) is 0 Å². The largest absolute Gasteiger partial charge is 0.339 e. The van der Waals surface area contributed by atoms with Crippen LogP contribution >= 0.6 is 0 Å². The van der Waals surface area contributed by atoms with Crippen LogP contribution in [0.1, 0.15) is 47.2 Å². The van der Waals surface area contributed by atoms with Crippen molar-refractivity contribution in [1.29, 1.82) is 0 Å². The van der Waals surface area contributed by atoms with Gasteiger partial charge in [-0.1, -0.05) is 42.5 Å². The first-order valence-corrected chi connectivity index (χ1v) is 11.3. The van der Waals surface area contributed by atoms with Gasteiger partial charge in [-0.15, -0.1) is 0 Å². The quantitative estimate of drug-likeness (QED) is 0.768. The Hall–Kier alpha value is -2.86. The van der Waals surface area contributed by atoms with Gasteiger partial charge in [0.15, 0.2) is 0 Å². The van der Waals surface area contributed by atoms with E-state index < -0.39 is 0 Å². The minimum atomic E-state index is -0.230. The number of piperidine rings is 1. The van der Waals surface area contributed by atoms with Gasteiger partial charge in [0, 0.05) is 38.8 Å². The van der Waals surface area contributed by atoms with Crippen LogP contribution in [-0.4, -0.2) is 54.0 Å². The van der Waals surface area contributed by atoms with Gasteiger partial charge in [-0.05, 0) is 49.8 Å². The maximum absolute atomic E-state index is 12.9. The molecule has 6 heteroatoms. The molecule has 0 saturated carbocycles. The van der Waals surface area contributed by atoms with E-state index in [2.05, 4.69) is 39.8 Å². The van der Waals surface area contributed by atoms with Crippen molar-refractivity contribution in [3.8, 4) is 0 Å². The van der Waals surface area contributed by atoms with Crippen molar-refractivity contribution in [2.45, 2.75) is 45.2 Å². The van der Waals surface area contributed by atoms with E-state index in [4.69, 9.17) is 0 Å². The van der Waals surface area contributed by atoms with E-state index in [1.807, 2.05) is 36.1 Å². The average Bonchev–Trinajstić information content (AvgIpc) is 3.32. The Balaban J connectivity index is 1.32. The molecule has 3 amide bonds. The normalized spacial score (nSPS) is 17.5. The maximum Gasteiger partial charge on any atom is 0.319 e. The molecule has 31 heavy (non-hydrogen) atoms. The number of hydrogen-bond donors (Lipinski definition) is 2. The van der Waals surface area contributed by atoms with Gasteiger partial charge in [-0.2, -0.15) is 0 Å². The molecule has 2 aliphatic rings. The number of aryl methyl sites for hydroxylation is 1.